The van der Waals surface area contributed by atoms with Gasteiger partial charge in [0.25, 0.3) is 0 Å². The van der Waals surface area contributed by atoms with E-state index in [1.54, 1.807) is 0 Å². The number of fused-ring (bicyclic) bond motifs is 2. The van der Waals surface area contributed by atoms with Crippen molar-refractivity contribution < 1.29 is 14.3 Å². The molecule has 2 atom stereocenters. The Morgan fingerprint density at radius 3 is 2.48 bits per heavy atom. The van der Waals surface area contributed by atoms with Crippen molar-refractivity contribution in [2.24, 2.45) is 0 Å². The Kier molecular flexibility index (Phi) is 3.41. The quantitative estimate of drug-likeness (QED) is 0.779. The largest absolute Gasteiger partial charge is 0.466 e. The van der Waals surface area contributed by atoms with Crippen molar-refractivity contribution in [2.75, 3.05) is 14.2 Å². The molecule has 1 aromatic carbocycles. The van der Waals surface area contributed by atoms with Gasteiger partial charge in [0.15, 0.2) is 5.78 Å². The predicted octanol–water partition coefficient (Wildman–Crippen LogP) is 1.97. The zero-order valence-electron chi connectivity index (χ0n) is 12.6. The molecule has 1 saturated heterocycles. The Morgan fingerprint density at radius 1 is 1.19 bits per heavy atom. The van der Waals surface area contributed by atoms with Crippen LogP contribution in [0.2, 0.25) is 0 Å². The minimum absolute atomic E-state index is 0.111. The molecule has 0 amide bonds. The highest BCUT2D eigenvalue weighted by molar-refractivity contribution is 6.04. The number of benzene rings is 1. The van der Waals surface area contributed by atoms with E-state index in [2.05, 4.69) is 0 Å². The number of carbonyl (C=O) groups is 2. The van der Waals surface area contributed by atoms with Crippen LogP contribution >= 0.6 is 0 Å². The second-order valence-corrected chi connectivity index (χ2v) is 5.82. The lowest BCUT2D eigenvalue weighted by molar-refractivity contribution is -0.136. The monoisotopic (exact) mass is 285 g/mol. The van der Waals surface area contributed by atoms with Gasteiger partial charge in [-0.05, 0) is 31.5 Å². The van der Waals surface area contributed by atoms with Gasteiger partial charge in [0.2, 0.25) is 0 Å². The highest BCUT2D eigenvalue weighted by atomic mass is 16.5. The second kappa shape index (κ2) is 5.11. The fourth-order valence-electron chi connectivity index (χ4n) is 3.38. The lowest BCUT2D eigenvalue weighted by Gasteiger charge is -2.33. The van der Waals surface area contributed by atoms with Crippen LogP contribution in [-0.2, 0) is 14.3 Å². The molecule has 0 spiro atoms. The van der Waals surface area contributed by atoms with E-state index in [1.807, 2.05) is 43.1 Å². The molecule has 0 unspecified atom stereocenters. The van der Waals surface area contributed by atoms with Crippen LogP contribution in [0.25, 0.3) is 5.57 Å². The summed E-state index contributed by atoms with van der Waals surface area (Å²) in [4.78, 5) is 26.4. The van der Waals surface area contributed by atoms with Crippen LogP contribution in [0.1, 0.15) is 24.0 Å². The molecule has 2 heterocycles. The molecule has 4 nitrogen and oxygen atoms in total. The fraction of sp³-hybridized carbons (Fsp3) is 0.412. The summed E-state index contributed by atoms with van der Waals surface area (Å²) in [5.41, 5.74) is 3.79. The van der Waals surface area contributed by atoms with E-state index in [1.165, 1.54) is 12.7 Å². The second-order valence-electron chi connectivity index (χ2n) is 5.82. The van der Waals surface area contributed by atoms with Crippen LogP contribution in [-0.4, -0.2) is 42.9 Å². The van der Waals surface area contributed by atoms with Gasteiger partial charge in [-0.25, -0.2) is 4.79 Å². The van der Waals surface area contributed by atoms with Gasteiger partial charge in [-0.3, -0.25) is 9.69 Å². The number of methoxy groups -OCH3 is 1. The molecular formula is C17H19NO3. The minimum Gasteiger partial charge on any atom is -0.466 e. The van der Waals surface area contributed by atoms with Crippen molar-refractivity contribution in [3.63, 3.8) is 0 Å². The molecule has 21 heavy (non-hydrogen) atoms. The summed E-state index contributed by atoms with van der Waals surface area (Å²) in [6, 6.07) is 7.82. The summed E-state index contributed by atoms with van der Waals surface area (Å²) in [6.45, 7) is 2.03. The van der Waals surface area contributed by atoms with Crippen LogP contribution in [0.3, 0.4) is 0 Å². The van der Waals surface area contributed by atoms with Crippen molar-refractivity contribution >= 4 is 17.3 Å². The Bertz CT molecular complexity index is 630. The number of nitrogens with zero attached hydrogens (tertiary/aromatic N) is 1. The standard InChI is InChI=1S/C17H19NO3/c1-10-4-6-11(7-5-10)12-8-13-15(19)9-14(18(13)2)16(12)17(20)21-3/h4-7,13-14H,8-9H2,1-3H3/t13-,14-/m1/s1. The molecule has 2 aliphatic rings. The lowest BCUT2D eigenvalue weighted by atomic mass is 9.88. The number of likely N-dealkylation sites (N-methyl/N-ethyl adjacent to an activating group) is 1. The maximum absolute atomic E-state index is 12.2. The van der Waals surface area contributed by atoms with E-state index in [-0.39, 0.29) is 23.8 Å². The summed E-state index contributed by atoms with van der Waals surface area (Å²) in [7, 11) is 3.31. The van der Waals surface area contributed by atoms with E-state index >= 15 is 0 Å². The van der Waals surface area contributed by atoms with E-state index in [4.69, 9.17) is 4.74 Å². The van der Waals surface area contributed by atoms with Gasteiger partial charge < -0.3 is 4.74 Å². The zero-order valence-corrected chi connectivity index (χ0v) is 12.6. The summed E-state index contributed by atoms with van der Waals surface area (Å²) >= 11 is 0. The molecule has 0 saturated carbocycles. The molecule has 3 rings (SSSR count). The van der Waals surface area contributed by atoms with Gasteiger partial charge in [0.05, 0.1) is 18.7 Å². The molecule has 2 bridgehead atoms. The van der Waals surface area contributed by atoms with Crippen molar-refractivity contribution in [3.8, 4) is 0 Å². The first-order valence-corrected chi connectivity index (χ1v) is 7.16. The van der Waals surface area contributed by atoms with E-state index in [0.29, 0.717) is 18.4 Å². The van der Waals surface area contributed by atoms with Crippen molar-refractivity contribution in [1.82, 2.24) is 4.90 Å². The number of esters is 1. The first-order chi connectivity index (χ1) is 10.0. The molecule has 1 aromatic rings. The Balaban J connectivity index is 2.13. The summed E-state index contributed by atoms with van der Waals surface area (Å²) in [6.07, 6.45) is 0.986. The molecule has 0 N–H and O–H groups in total. The summed E-state index contributed by atoms with van der Waals surface area (Å²) < 4.78 is 4.96. The number of Topliss-reactive ketones (excluding diaryl/α,β-unsaturated/α-hetero) is 1. The number of aryl methyl sites for hydroxylation is 1. The third-order valence-electron chi connectivity index (χ3n) is 4.61. The predicted molar refractivity (Wildman–Crippen MR) is 79.7 cm³/mol. The van der Waals surface area contributed by atoms with Crippen LogP contribution in [0.4, 0.5) is 0 Å². The maximum Gasteiger partial charge on any atom is 0.335 e. The average molecular weight is 285 g/mol. The van der Waals surface area contributed by atoms with Gasteiger partial charge in [-0.2, -0.15) is 0 Å². The average Bonchev–Trinajstić information content (AvgIpc) is 2.66. The topological polar surface area (TPSA) is 46.6 Å². The first kappa shape index (κ1) is 14.0. The van der Waals surface area contributed by atoms with Crippen molar-refractivity contribution in [3.05, 3.63) is 41.0 Å². The van der Waals surface area contributed by atoms with Crippen LogP contribution < -0.4 is 0 Å². The Labute approximate surface area is 124 Å². The van der Waals surface area contributed by atoms with Gasteiger partial charge in [-0.1, -0.05) is 29.8 Å². The normalized spacial score (nSPS) is 25.4. The fourth-order valence-corrected chi connectivity index (χ4v) is 3.38. The zero-order chi connectivity index (χ0) is 15.1. The Morgan fingerprint density at radius 2 is 1.86 bits per heavy atom. The molecule has 1 fully saturated rings. The summed E-state index contributed by atoms with van der Waals surface area (Å²) in [5, 5.41) is 0. The van der Waals surface area contributed by atoms with Gasteiger partial charge >= 0.3 is 5.97 Å². The van der Waals surface area contributed by atoms with Gasteiger partial charge in [0, 0.05) is 12.5 Å². The number of ketones is 1. The molecular weight excluding hydrogens is 266 g/mol. The number of rotatable bonds is 2. The van der Waals surface area contributed by atoms with E-state index in [0.717, 1.165) is 11.1 Å². The van der Waals surface area contributed by atoms with Crippen LogP contribution in [0.5, 0.6) is 0 Å². The van der Waals surface area contributed by atoms with Crippen molar-refractivity contribution in [1.29, 1.82) is 0 Å². The van der Waals surface area contributed by atoms with E-state index < -0.39 is 0 Å². The number of carbonyl (C=O) groups excluding carboxylic acids is 2. The highest BCUT2D eigenvalue weighted by Gasteiger charge is 2.47. The third-order valence-corrected chi connectivity index (χ3v) is 4.61. The van der Waals surface area contributed by atoms with Crippen molar-refractivity contribution in [2.45, 2.75) is 31.8 Å². The lowest BCUT2D eigenvalue weighted by Crippen LogP contribution is -2.41. The maximum atomic E-state index is 12.2. The number of ether oxygens (including phenoxy) is 1. The van der Waals surface area contributed by atoms with Crippen LogP contribution in [0, 0.1) is 6.92 Å². The molecule has 2 aliphatic heterocycles. The van der Waals surface area contributed by atoms with Crippen LogP contribution in [0.15, 0.2) is 29.8 Å². The SMILES string of the molecule is COC(=O)C1=C(c2ccc(C)cc2)C[C@@H]2C(=O)C[C@H]1N2C. The third kappa shape index (κ3) is 2.20. The smallest absolute Gasteiger partial charge is 0.335 e. The minimum atomic E-state index is -0.324. The molecule has 0 radical (unpaired) electrons. The number of hydrogen-bond donors (Lipinski definition) is 0. The van der Waals surface area contributed by atoms with Gasteiger partial charge in [0.1, 0.15) is 0 Å². The molecule has 0 aromatic heterocycles. The molecule has 0 aliphatic carbocycles. The highest BCUT2D eigenvalue weighted by Crippen LogP contribution is 2.40. The first-order valence-electron chi connectivity index (χ1n) is 7.16. The van der Waals surface area contributed by atoms with Gasteiger partial charge in [-0.15, -0.1) is 0 Å². The van der Waals surface area contributed by atoms with E-state index in [9.17, 15) is 9.59 Å². The summed E-state index contributed by atoms with van der Waals surface area (Å²) in [5.74, 6) is -0.110. The molecule has 110 valence electrons. The number of hydrogen-bond acceptors (Lipinski definition) is 4. The molecule has 4 heteroatoms. The Hall–Kier alpha value is -1.94.